The normalized spacial score (nSPS) is 10.6. The molecule has 1 unspecified atom stereocenters. The highest BCUT2D eigenvalue weighted by atomic mass is 127. The first-order valence-electron chi connectivity index (χ1n) is 3.19. The van der Waals surface area contributed by atoms with Crippen molar-refractivity contribution in [3.8, 4) is 11.5 Å². The predicted molar refractivity (Wildman–Crippen MR) is 64.2 cm³/mol. The zero-order valence-corrected chi connectivity index (χ0v) is 11.0. The van der Waals surface area contributed by atoms with Crippen LogP contribution in [0.5, 0.6) is 11.5 Å². The average Bonchev–Trinajstić information content (AvgIpc) is 2.04. The molecule has 0 saturated carbocycles. The molecule has 0 amide bonds. The molecule has 0 saturated heterocycles. The third kappa shape index (κ3) is 2.79. The summed E-state index contributed by atoms with van der Waals surface area (Å²) in [5, 5.41) is 9.36. The SMILES string of the molecule is O=Cc1c(O)cc(OPI)cc1Br. The van der Waals surface area contributed by atoms with Crippen molar-refractivity contribution in [1.29, 1.82) is 0 Å². The van der Waals surface area contributed by atoms with Gasteiger partial charge in [-0.3, -0.25) is 4.79 Å². The lowest BCUT2D eigenvalue weighted by molar-refractivity contribution is 0.112. The van der Waals surface area contributed by atoms with Gasteiger partial charge in [-0.25, -0.2) is 0 Å². The molecule has 0 aromatic heterocycles. The zero-order chi connectivity index (χ0) is 9.84. The molecule has 3 nitrogen and oxygen atoms in total. The second-order valence-corrected chi connectivity index (χ2v) is 4.67. The number of phenolic OH excluding ortho intramolecular Hbond substituents is 1. The molecule has 0 aliphatic carbocycles. The van der Waals surface area contributed by atoms with Gasteiger partial charge in [-0.15, -0.1) is 0 Å². The maximum atomic E-state index is 10.5. The third-order valence-electron chi connectivity index (χ3n) is 1.36. The summed E-state index contributed by atoms with van der Waals surface area (Å²) >= 11 is 5.23. The van der Waals surface area contributed by atoms with E-state index in [-0.39, 0.29) is 17.8 Å². The van der Waals surface area contributed by atoms with Gasteiger partial charge in [-0.05, 0) is 44.0 Å². The fourth-order valence-electron chi connectivity index (χ4n) is 0.799. The van der Waals surface area contributed by atoms with E-state index in [2.05, 4.69) is 38.0 Å². The van der Waals surface area contributed by atoms with E-state index in [9.17, 15) is 9.90 Å². The minimum atomic E-state index is -0.0750. The quantitative estimate of drug-likeness (QED) is 0.501. The van der Waals surface area contributed by atoms with Crippen LogP contribution in [-0.4, -0.2) is 11.4 Å². The Kier molecular flexibility index (Phi) is 4.41. The van der Waals surface area contributed by atoms with E-state index in [4.69, 9.17) is 4.52 Å². The van der Waals surface area contributed by atoms with Crippen molar-refractivity contribution in [2.45, 2.75) is 0 Å². The number of benzene rings is 1. The van der Waals surface area contributed by atoms with E-state index in [0.717, 1.165) is 0 Å². The topological polar surface area (TPSA) is 46.5 Å². The monoisotopic (exact) mass is 374 g/mol. The van der Waals surface area contributed by atoms with Crippen molar-refractivity contribution in [2.24, 2.45) is 0 Å². The van der Waals surface area contributed by atoms with Crippen LogP contribution in [0.2, 0.25) is 0 Å². The maximum Gasteiger partial charge on any atom is 0.154 e. The maximum absolute atomic E-state index is 10.5. The standard InChI is InChI=1S/C7H5BrIO3P/c8-6-1-4(12-13-9)2-7(11)5(6)3-10/h1-3,11,13H. The fourth-order valence-corrected chi connectivity index (χ4v) is 2.29. The van der Waals surface area contributed by atoms with E-state index < -0.39 is 0 Å². The number of hydrogen-bond donors (Lipinski definition) is 1. The molecule has 70 valence electrons. The summed E-state index contributed by atoms with van der Waals surface area (Å²) in [6, 6.07) is 3.06. The molecule has 1 N–H and O–H groups in total. The number of hydrogen-bond acceptors (Lipinski definition) is 3. The van der Waals surface area contributed by atoms with E-state index in [1.54, 1.807) is 6.07 Å². The molecule has 0 aliphatic rings. The number of rotatable bonds is 3. The first-order chi connectivity index (χ1) is 6.19. The van der Waals surface area contributed by atoms with Gasteiger partial charge in [0.1, 0.15) is 17.9 Å². The Bertz CT molecular complexity index is 309. The van der Waals surface area contributed by atoms with Crippen molar-refractivity contribution in [1.82, 2.24) is 0 Å². The molecular weight excluding hydrogens is 370 g/mol. The molecular formula is C7H5BrIO3P. The Morgan fingerprint density at radius 3 is 2.77 bits per heavy atom. The highest BCUT2D eigenvalue weighted by molar-refractivity contribution is 14.2. The lowest BCUT2D eigenvalue weighted by Crippen LogP contribution is -1.85. The highest BCUT2D eigenvalue weighted by Gasteiger charge is 2.07. The first-order valence-corrected chi connectivity index (χ1v) is 8.00. The Morgan fingerprint density at radius 1 is 1.62 bits per heavy atom. The molecule has 0 fully saturated rings. The molecule has 1 rings (SSSR count). The molecule has 0 radical (unpaired) electrons. The van der Waals surface area contributed by atoms with Crippen LogP contribution in [0.3, 0.4) is 0 Å². The highest BCUT2D eigenvalue weighted by Crippen LogP contribution is 2.34. The second kappa shape index (κ2) is 5.12. The van der Waals surface area contributed by atoms with Crippen LogP contribution in [0.1, 0.15) is 10.4 Å². The molecule has 0 bridgehead atoms. The lowest BCUT2D eigenvalue weighted by atomic mass is 10.2. The number of halogens is 2. The minimum absolute atomic E-state index is 0.0750. The lowest BCUT2D eigenvalue weighted by Gasteiger charge is -2.05. The number of carbonyl (C=O) groups is 1. The summed E-state index contributed by atoms with van der Waals surface area (Å²) in [4.78, 5) is 10.5. The summed E-state index contributed by atoms with van der Waals surface area (Å²) in [7, 11) is 0. The van der Waals surface area contributed by atoms with Gasteiger partial charge in [-0.1, -0.05) is 0 Å². The van der Waals surface area contributed by atoms with Crippen LogP contribution in [0, 0.1) is 0 Å². The van der Waals surface area contributed by atoms with Crippen molar-refractivity contribution in [3.63, 3.8) is 0 Å². The smallest absolute Gasteiger partial charge is 0.154 e. The van der Waals surface area contributed by atoms with Crippen molar-refractivity contribution in [2.75, 3.05) is 0 Å². The Hall–Kier alpha value is 0.130. The molecule has 1 atom stereocenters. The summed E-state index contributed by atoms with van der Waals surface area (Å²) in [5.74, 6) is 0.469. The van der Waals surface area contributed by atoms with Crippen LogP contribution < -0.4 is 4.52 Å². The van der Waals surface area contributed by atoms with Crippen LogP contribution >= 0.6 is 44.4 Å². The van der Waals surface area contributed by atoms with Gasteiger partial charge >= 0.3 is 0 Å². The Morgan fingerprint density at radius 2 is 2.31 bits per heavy atom. The van der Waals surface area contributed by atoms with Gasteiger partial charge in [0.2, 0.25) is 0 Å². The van der Waals surface area contributed by atoms with Crippen LogP contribution in [0.15, 0.2) is 16.6 Å². The van der Waals surface area contributed by atoms with E-state index >= 15 is 0 Å². The molecule has 13 heavy (non-hydrogen) atoms. The van der Waals surface area contributed by atoms with Crippen molar-refractivity contribution >= 4 is 50.7 Å². The third-order valence-corrected chi connectivity index (χ3v) is 2.99. The fraction of sp³-hybridized carbons (Fsp3) is 0. The van der Waals surface area contributed by atoms with Gasteiger partial charge in [0.15, 0.2) is 6.29 Å². The van der Waals surface area contributed by atoms with Gasteiger partial charge in [-0.2, -0.15) is 0 Å². The van der Waals surface area contributed by atoms with Crippen LogP contribution in [0.4, 0.5) is 0 Å². The number of carbonyl (C=O) groups excluding carboxylic acids is 1. The molecule has 0 aliphatic heterocycles. The average molecular weight is 375 g/mol. The molecule has 1 aromatic rings. The summed E-state index contributed by atoms with van der Waals surface area (Å²) in [5.41, 5.74) is 0.240. The van der Waals surface area contributed by atoms with Gasteiger partial charge in [0.25, 0.3) is 0 Å². The Labute approximate surface area is 98.3 Å². The summed E-state index contributed by atoms with van der Waals surface area (Å²) < 4.78 is 5.71. The summed E-state index contributed by atoms with van der Waals surface area (Å²) in [6.07, 6.45) is 0.593. The van der Waals surface area contributed by atoms with Gasteiger partial charge < -0.3 is 9.63 Å². The minimum Gasteiger partial charge on any atom is -0.507 e. The van der Waals surface area contributed by atoms with E-state index in [1.165, 1.54) is 6.07 Å². The Balaban J connectivity index is 3.12. The zero-order valence-electron chi connectivity index (χ0n) is 6.25. The van der Waals surface area contributed by atoms with E-state index in [0.29, 0.717) is 16.5 Å². The molecule has 0 spiro atoms. The van der Waals surface area contributed by atoms with Gasteiger partial charge in [0.05, 0.1) is 5.56 Å². The van der Waals surface area contributed by atoms with Crippen LogP contribution in [0.25, 0.3) is 0 Å². The van der Waals surface area contributed by atoms with Gasteiger partial charge in [0, 0.05) is 10.5 Å². The second-order valence-electron chi connectivity index (χ2n) is 2.13. The molecule has 0 heterocycles. The number of aromatic hydroxyl groups is 1. The van der Waals surface area contributed by atoms with E-state index in [1.807, 2.05) is 0 Å². The number of aldehydes is 1. The first kappa shape index (κ1) is 11.2. The van der Waals surface area contributed by atoms with Crippen molar-refractivity contribution in [3.05, 3.63) is 22.2 Å². The largest absolute Gasteiger partial charge is 0.507 e. The predicted octanol–water partition coefficient (Wildman–Crippen LogP) is 3.29. The summed E-state index contributed by atoms with van der Waals surface area (Å²) in [6.45, 7) is 0.275. The van der Waals surface area contributed by atoms with Crippen LogP contribution in [-0.2, 0) is 0 Å². The molecule has 1 aromatic carbocycles. The number of phenols is 1. The van der Waals surface area contributed by atoms with Crippen molar-refractivity contribution < 1.29 is 14.4 Å². The molecule has 6 heteroatoms.